The molecule has 0 aliphatic carbocycles. The smallest absolute Gasteiger partial charge is 0.160 e. The number of benzene rings is 1. The van der Waals surface area contributed by atoms with Crippen LogP contribution < -0.4 is 10.1 Å². The number of methoxy groups -OCH3 is 1. The van der Waals surface area contributed by atoms with Gasteiger partial charge in [-0.25, -0.2) is 8.42 Å². The van der Waals surface area contributed by atoms with Crippen LogP contribution >= 0.6 is 0 Å². The van der Waals surface area contributed by atoms with Gasteiger partial charge in [0.05, 0.1) is 12.9 Å². The number of hydrogen-bond donors (Lipinski definition) is 2. The third kappa shape index (κ3) is 5.06. The highest BCUT2D eigenvalue weighted by atomic mass is 32.2. The molecule has 0 unspecified atom stereocenters. The lowest BCUT2D eigenvalue weighted by atomic mass is 10.2. The minimum Gasteiger partial charge on any atom is -0.504 e. The van der Waals surface area contributed by atoms with E-state index in [1.165, 1.54) is 13.4 Å². The lowest BCUT2D eigenvalue weighted by molar-refractivity contribution is 0.373. The lowest BCUT2D eigenvalue weighted by Crippen LogP contribution is -2.21. The Morgan fingerprint density at radius 2 is 2.12 bits per heavy atom. The predicted octanol–water partition coefficient (Wildman–Crippen LogP) is 0.535. The molecule has 6 heteroatoms. The van der Waals surface area contributed by atoms with E-state index in [0.717, 1.165) is 5.56 Å². The molecule has 96 valence electrons. The summed E-state index contributed by atoms with van der Waals surface area (Å²) in [5, 5.41) is 12.5. The van der Waals surface area contributed by atoms with Gasteiger partial charge < -0.3 is 15.2 Å². The Bertz CT molecular complexity index is 470. The summed E-state index contributed by atoms with van der Waals surface area (Å²) in [6, 6.07) is 5.07. The summed E-state index contributed by atoms with van der Waals surface area (Å²) in [4.78, 5) is 0. The van der Waals surface area contributed by atoms with Crippen LogP contribution in [0.4, 0.5) is 0 Å². The van der Waals surface area contributed by atoms with Crippen molar-refractivity contribution in [3.63, 3.8) is 0 Å². The Morgan fingerprint density at radius 3 is 2.65 bits per heavy atom. The molecular weight excluding hydrogens is 242 g/mol. The zero-order valence-electron chi connectivity index (χ0n) is 9.93. The van der Waals surface area contributed by atoms with Crippen LogP contribution in [0.3, 0.4) is 0 Å². The van der Waals surface area contributed by atoms with Crippen LogP contribution in [0.2, 0.25) is 0 Å². The summed E-state index contributed by atoms with van der Waals surface area (Å²) < 4.78 is 26.7. The molecule has 0 radical (unpaired) electrons. The van der Waals surface area contributed by atoms with Crippen molar-refractivity contribution in [1.29, 1.82) is 0 Å². The Balaban J connectivity index is 2.45. The van der Waals surface area contributed by atoms with Gasteiger partial charge in [-0.3, -0.25) is 0 Å². The lowest BCUT2D eigenvalue weighted by Gasteiger charge is -2.07. The minimum atomic E-state index is -2.93. The highest BCUT2D eigenvalue weighted by Gasteiger charge is 2.03. The van der Waals surface area contributed by atoms with Gasteiger partial charge in [0.25, 0.3) is 0 Å². The molecule has 0 spiro atoms. The molecule has 0 aromatic heterocycles. The van der Waals surface area contributed by atoms with Crippen LogP contribution in [0.15, 0.2) is 18.2 Å². The quantitative estimate of drug-likeness (QED) is 0.729. The molecule has 17 heavy (non-hydrogen) atoms. The van der Waals surface area contributed by atoms with Gasteiger partial charge in [0.2, 0.25) is 0 Å². The Labute approximate surface area is 101 Å². The molecule has 1 aromatic carbocycles. The van der Waals surface area contributed by atoms with Crippen molar-refractivity contribution in [2.24, 2.45) is 0 Å². The minimum absolute atomic E-state index is 0.0786. The van der Waals surface area contributed by atoms with Crippen molar-refractivity contribution in [2.45, 2.75) is 6.54 Å². The summed E-state index contributed by atoms with van der Waals surface area (Å²) in [6.45, 7) is 0.901. The number of phenolic OH excluding ortho intramolecular Hbond substituents is 1. The first kappa shape index (κ1) is 13.8. The normalized spacial score (nSPS) is 11.4. The SMILES string of the molecule is COc1ccc(CNCCS(C)(=O)=O)cc1O. The molecule has 0 saturated heterocycles. The maximum Gasteiger partial charge on any atom is 0.160 e. The van der Waals surface area contributed by atoms with E-state index in [1.54, 1.807) is 12.1 Å². The molecule has 1 aromatic rings. The molecule has 0 bridgehead atoms. The summed E-state index contributed by atoms with van der Waals surface area (Å²) in [5.74, 6) is 0.606. The molecule has 0 aliphatic rings. The van der Waals surface area contributed by atoms with Crippen molar-refractivity contribution in [1.82, 2.24) is 5.32 Å². The molecule has 2 N–H and O–H groups in total. The van der Waals surface area contributed by atoms with E-state index >= 15 is 0 Å². The van der Waals surface area contributed by atoms with Crippen molar-refractivity contribution in [2.75, 3.05) is 25.7 Å². The summed E-state index contributed by atoms with van der Waals surface area (Å²) in [5.41, 5.74) is 0.872. The fraction of sp³-hybridized carbons (Fsp3) is 0.455. The number of rotatable bonds is 6. The fourth-order valence-corrected chi connectivity index (χ4v) is 1.85. The molecule has 0 heterocycles. The van der Waals surface area contributed by atoms with Crippen molar-refractivity contribution in [3.8, 4) is 11.5 Å². The first-order valence-corrected chi connectivity index (χ1v) is 7.23. The van der Waals surface area contributed by atoms with Gasteiger partial charge in [0.1, 0.15) is 9.84 Å². The zero-order valence-corrected chi connectivity index (χ0v) is 10.8. The summed E-state index contributed by atoms with van der Waals surface area (Å²) in [6.07, 6.45) is 1.20. The number of phenols is 1. The Hall–Kier alpha value is -1.27. The summed E-state index contributed by atoms with van der Waals surface area (Å²) in [7, 11) is -1.44. The van der Waals surface area contributed by atoms with E-state index in [2.05, 4.69) is 5.32 Å². The van der Waals surface area contributed by atoms with Crippen LogP contribution in [0.1, 0.15) is 5.56 Å². The molecule has 0 fully saturated rings. The van der Waals surface area contributed by atoms with Gasteiger partial charge in [-0.1, -0.05) is 6.07 Å². The van der Waals surface area contributed by atoms with E-state index in [0.29, 0.717) is 18.8 Å². The van der Waals surface area contributed by atoms with Crippen molar-refractivity contribution < 1.29 is 18.3 Å². The van der Waals surface area contributed by atoms with Gasteiger partial charge in [0.15, 0.2) is 11.5 Å². The maximum absolute atomic E-state index is 10.9. The third-order valence-corrected chi connectivity index (χ3v) is 3.17. The van der Waals surface area contributed by atoms with Gasteiger partial charge in [-0.2, -0.15) is 0 Å². The van der Waals surface area contributed by atoms with Crippen LogP contribution in [-0.4, -0.2) is 39.2 Å². The molecule has 0 atom stereocenters. The topological polar surface area (TPSA) is 75.6 Å². The molecule has 0 saturated carbocycles. The first-order valence-electron chi connectivity index (χ1n) is 5.16. The fourth-order valence-electron chi connectivity index (χ4n) is 1.34. The average molecular weight is 259 g/mol. The third-order valence-electron chi connectivity index (χ3n) is 2.22. The first-order chi connectivity index (χ1) is 7.92. The maximum atomic E-state index is 10.9. The van der Waals surface area contributed by atoms with E-state index in [9.17, 15) is 13.5 Å². The van der Waals surface area contributed by atoms with Crippen LogP contribution in [0.25, 0.3) is 0 Å². The van der Waals surface area contributed by atoms with Crippen molar-refractivity contribution >= 4 is 9.84 Å². The molecule has 5 nitrogen and oxygen atoms in total. The van der Waals surface area contributed by atoms with Crippen molar-refractivity contribution in [3.05, 3.63) is 23.8 Å². The van der Waals surface area contributed by atoms with Gasteiger partial charge in [0, 0.05) is 19.3 Å². The second-order valence-electron chi connectivity index (χ2n) is 3.81. The monoisotopic (exact) mass is 259 g/mol. The van der Waals surface area contributed by atoms with Gasteiger partial charge in [-0.05, 0) is 17.7 Å². The van der Waals surface area contributed by atoms with E-state index in [4.69, 9.17) is 4.74 Å². The van der Waals surface area contributed by atoms with E-state index in [-0.39, 0.29) is 11.5 Å². The number of nitrogens with one attached hydrogen (secondary N) is 1. The zero-order chi connectivity index (χ0) is 12.9. The molecular formula is C11H17NO4S. The number of ether oxygens (including phenoxy) is 1. The highest BCUT2D eigenvalue weighted by Crippen LogP contribution is 2.25. The van der Waals surface area contributed by atoms with Gasteiger partial charge >= 0.3 is 0 Å². The molecule has 0 aliphatic heterocycles. The average Bonchev–Trinajstić information content (AvgIpc) is 2.23. The standard InChI is InChI=1S/C11H17NO4S/c1-16-11-4-3-9(7-10(11)13)8-12-5-6-17(2,14)15/h3-4,7,12-13H,5-6,8H2,1-2H3. The second-order valence-corrected chi connectivity index (χ2v) is 6.07. The molecule has 1 rings (SSSR count). The second kappa shape index (κ2) is 5.88. The molecule has 0 amide bonds. The number of hydrogen-bond acceptors (Lipinski definition) is 5. The van der Waals surface area contributed by atoms with Crippen LogP contribution in [-0.2, 0) is 16.4 Å². The van der Waals surface area contributed by atoms with E-state index in [1.807, 2.05) is 6.07 Å². The Morgan fingerprint density at radius 1 is 1.41 bits per heavy atom. The largest absolute Gasteiger partial charge is 0.504 e. The number of aromatic hydroxyl groups is 1. The highest BCUT2D eigenvalue weighted by molar-refractivity contribution is 7.90. The van der Waals surface area contributed by atoms with Crippen LogP contribution in [0.5, 0.6) is 11.5 Å². The Kier molecular flexibility index (Phi) is 4.77. The van der Waals surface area contributed by atoms with E-state index < -0.39 is 9.84 Å². The number of sulfone groups is 1. The predicted molar refractivity (Wildman–Crippen MR) is 66.1 cm³/mol. The van der Waals surface area contributed by atoms with Crippen LogP contribution in [0, 0.1) is 0 Å². The van der Waals surface area contributed by atoms with Gasteiger partial charge in [-0.15, -0.1) is 0 Å². The summed E-state index contributed by atoms with van der Waals surface area (Å²) >= 11 is 0.